The van der Waals surface area contributed by atoms with Crippen LogP contribution in [-0.2, 0) is 14.4 Å². The van der Waals surface area contributed by atoms with E-state index in [-0.39, 0.29) is 24.8 Å². The average Bonchev–Trinajstić information content (AvgIpc) is 3.05. The Labute approximate surface area is 192 Å². The Hall–Kier alpha value is -3.47. The summed E-state index contributed by atoms with van der Waals surface area (Å²) in [6.07, 6.45) is 0.223. The lowest BCUT2D eigenvalue weighted by Gasteiger charge is -2.30. The third kappa shape index (κ3) is 6.51. The van der Waals surface area contributed by atoms with E-state index in [1.54, 1.807) is 49.7 Å². The molecule has 0 saturated carbocycles. The van der Waals surface area contributed by atoms with E-state index in [9.17, 15) is 29.2 Å². The first-order valence-electron chi connectivity index (χ1n) is 10.8. The van der Waals surface area contributed by atoms with Gasteiger partial charge < -0.3 is 5.32 Å². The first kappa shape index (κ1) is 25.8. The van der Waals surface area contributed by atoms with Crippen molar-refractivity contribution in [2.45, 2.75) is 40.2 Å². The lowest BCUT2D eigenvalue weighted by atomic mass is 9.84. The molecule has 0 aliphatic carbocycles. The Morgan fingerprint density at radius 3 is 2.21 bits per heavy atom. The Balaban J connectivity index is 2.24. The zero-order chi connectivity index (χ0) is 24.7. The molecule has 0 aromatic heterocycles. The van der Waals surface area contributed by atoms with Crippen LogP contribution in [0.15, 0.2) is 30.3 Å². The Kier molecular flexibility index (Phi) is 8.92. The second kappa shape index (κ2) is 11.4. The molecule has 11 nitrogen and oxygen atoms in total. The van der Waals surface area contributed by atoms with Gasteiger partial charge in [-0.2, -0.15) is 0 Å². The first-order valence-corrected chi connectivity index (χ1v) is 10.8. The SMILES string of the molecule is CC(C)C[C@@H](C(=O)NN1C(=O)NC(=O)[C@@H]1C(C)C)[C@H](CNC(=O)c1ccccc1)C(=O)NO. The van der Waals surface area contributed by atoms with Gasteiger partial charge in [0.05, 0.1) is 11.8 Å². The van der Waals surface area contributed by atoms with E-state index in [0.717, 1.165) is 5.01 Å². The molecule has 0 radical (unpaired) electrons. The Morgan fingerprint density at radius 1 is 1.03 bits per heavy atom. The van der Waals surface area contributed by atoms with Crippen molar-refractivity contribution in [3.8, 4) is 0 Å². The first-order chi connectivity index (χ1) is 15.6. The summed E-state index contributed by atoms with van der Waals surface area (Å²) >= 11 is 0. The van der Waals surface area contributed by atoms with Crippen LogP contribution in [0.2, 0.25) is 0 Å². The summed E-state index contributed by atoms with van der Waals surface area (Å²) in [5.74, 6) is -4.96. The van der Waals surface area contributed by atoms with Crippen LogP contribution < -0.4 is 21.5 Å². The molecule has 11 heteroatoms. The van der Waals surface area contributed by atoms with Crippen molar-refractivity contribution in [3.63, 3.8) is 0 Å². The van der Waals surface area contributed by atoms with Gasteiger partial charge in [0.25, 0.3) is 11.8 Å². The summed E-state index contributed by atoms with van der Waals surface area (Å²) in [6.45, 7) is 6.92. The van der Waals surface area contributed by atoms with E-state index in [2.05, 4.69) is 16.1 Å². The quantitative estimate of drug-likeness (QED) is 0.197. The van der Waals surface area contributed by atoms with Crippen molar-refractivity contribution < 1.29 is 29.2 Å². The number of rotatable bonds is 10. The maximum Gasteiger partial charge on any atom is 0.343 e. The molecule has 1 aliphatic rings. The van der Waals surface area contributed by atoms with Gasteiger partial charge in [-0.1, -0.05) is 45.9 Å². The zero-order valence-corrected chi connectivity index (χ0v) is 19.1. The van der Waals surface area contributed by atoms with Crippen LogP contribution in [0, 0.1) is 23.7 Å². The average molecular weight is 462 g/mol. The molecule has 0 spiro atoms. The van der Waals surface area contributed by atoms with Gasteiger partial charge in [-0.15, -0.1) is 0 Å². The summed E-state index contributed by atoms with van der Waals surface area (Å²) in [4.78, 5) is 62.4. The normalized spacial score (nSPS) is 17.5. The molecule has 2 rings (SSSR count). The van der Waals surface area contributed by atoms with Crippen molar-refractivity contribution in [3.05, 3.63) is 35.9 Å². The number of urea groups is 1. The fourth-order valence-corrected chi connectivity index (χ4v) is 3.76. The summed E-state index contributed by atoms with van der Waals surface area (Å²) in [5.41, 5.74) is 4.39. The van der Waals surface area contributed by atoms with E-state index in [0.29, 0.717) is 5.56 Å². The fraction of sp³-hybridized carbons (Fsp3) is 0.500. The van der Waals surface area contributed by atoms with Crippen LogP contribution in [0.1, 0.15) is 44.5 Å². The van der Waals surface area contributed by atoms with Crippen LogP contribution in [0.5, 0.6) is 0 Å². The highest BCUT2D eigenvalue weighted by molar-refractivity contribution is 6.05. The number of hydrogen-bond acceptors (Lipinski definition) is 6. The van der Waals surface area contributed by atoms with Crippen LogP contribution in [0.3, 0.4) is 0 Å². The maximum atomic E-state index is 13.2. The number of benzene rings is 1. The molecule has 1 aliphatic heterocycles. The monoisotopic (exact) mass is 461 g/mol. The summed E-state index contributed by atoms with van der Waals surface area (Å²) in [6, 6.07) is 6.67. The van der Waals surface area contributed by atoms with Gasteiger partial charge in [0.1, 0.15) is 6.04 Å². The van der Waals surface area contributed by atoms with E-state index in [1.807, 2.05) is 13.8 Å². The molecule has 1 heterocycles. The summed E-state index contributed by atoms with van der Waals surface area (Å²) < 4.78 is 0. The molecule has 1 saturated heterocycles. The van der Waals surface area contributed by atoms with Gasteiger partial charge in [0.2, 0.25) is 11.8 Å². The third-order valence-corrected chi connectivity index (χ3v) is 5.37. The van der Waals surface area contributed by atoms with Gasteiger partial charge in [0, 0.05) is 12.1 Å². The molecule has 3 atom stereocenters. The minimum Gasteiger partial charge on any atom is -0.351 e. The highest BCUT2D eigenvalue weighted by Gasteiger charge is 2.43. The number of carbonyl (C=O) groups is 5. The Bertz CT molecular complexity index is 889. The number of amides is 6. The third-order valence-electron chi connectivity index (χ3n) is 5.37. The lowest BCUT2D eigenvalue weighted by Crippen LogP contribution is -2.55. The maximum absolute atomic E-state index is 13.2. The minimum atomic E-state index is -1.14. The zero-order valence-electron chi connectivity index (χ0n) is 19.1. The smallest absolute Gasteiger partial charge is 0.343 e. The predicted molar refractivity (Wildman–Crippen MR) is 117 cm³/mol. The number of imide groups is 1. The van der Waals surface area contributed by atoms with Gasteiger partial charge in [0.15, 0.2) is 0 Å². The van der Waals surface area contributed by atoms with Crippen LogP contribution in [-0.4, -0.2) is 52.5 Å². The number of carbonyl (C=O) groups excluding carboxylic acids is 5. The number of hydroxylamine groups is 1. The van der Waals surface area contributed by atoms with Gasteiger partial charge in [-0.3, -0.25) is 35.1 Å². The molecule has 5 N–H and O–H groups in total. The molecule has 6 amide bonds. The lowest BCUT2D eigenvalue weighted by molar-refractivity contribution is -0.142. The second-order valence-electron chi connectivity index (χ2n) is 8.72. The minimum absolute atomic E-state index is 0.0329. The van der Waals surface area contributed by atoms with E-state index < -0.39 is 47.5 Å². The van der Waals surface area contributed by atoms with Crippen molar-refractivity contribution in [2.24, 2.45) is 23.7 Å². The second-order valence-corrected chi connectivity index (χ2v) is 8.72. The van der Waals surface area contributed by atoms with E-state index in [4.69, 9.17) is 0 Å². The standard InChI is InChI=1S/C22H31N5O6/c1-12(2)10-15(19(29)25-27-17(13(3)4)21(31)24-22(27)32)16(20(30)26-33)11-23-18(28)14-8-6-5-7-9-14/h5-9,12-13,15-17,33H,10-11H2,1-4H3,(H,23,28)(H,25,29)(H,26,30)(H,24,31,32)/t15-,16+,17+/m1/s1. The Morgan fingerprint density at radius 2 is 1.67 bits per heavy atom. The van der Waals surface area contributed by atoms with Gasteiger partial charge in [-0.25, -0.2) is 15.3 Å². The van der Waals surface area contributed by atoms with Crippen molar-refractivity contribution >= 4 is 29.7 Å². The molecule has 0 unspecified atom stereocenters. The summed E-state index contributed by atoms with van der Waals surface area (Å²) in [7, 11) is 0. The van der Waals surface area contributed by atoms with Crippen molar-refractivity contribution in [1.82, 2.24) is 26.5 Å². The number of nitrogens with one attached hydrogen (secondary N) is 4. The number of nitrogens with zero attached hydrogens (tertiary/aromatic N) is 1. The van der Waals surface area contributed by atoms with Gasteiger partial charge in [-0.05, 0) is 30.4 Å². The van der Waals surface area contributed by atoms with E-state index in [1.165, 1.54) is 0 Å². The molecular weight excluding hydrogens is 430 g/mol. The molecule has 33 heavy (non-hydrogen) atoms. The molecular formula is C22H31N5O6. The number of hydrogen-bond donors (Lipinski definition) is 5. The predicted octanol–water partition coefficient (Wildman–Crippen LogP) is 0.808. The van der Waals surface area contributed by atoms with Crippen LogP contribution in [0.4, 0.5) is 4.79 Å². The van der Waals surface area contributed by atoms with Crippen LogP contribution in [0.25, 0.3) is 0 Å². The molecule has 1 fully saturated rings. The summed E-state index contributed by atoms with van der Waals surface area (Å²) in [5, 5.41) is 15.0. The van der Waals surface area contributed by atoms with Gasteiger partial charge >= 0.3 is 6.03 Å². The molecule has 1 aromatic rings. The highest BCUT2D eigenvalue weighted by Crippen LogP contribution is 2.23. The molecule has 180 valence electrons. The molecule has 1 aromatic carbocycles. The molecule has 0 bridgehead atoms. The number of hydrazine groups is 1. The van der Waals surface area contributed by atoms with E-state index >= 15 is 0 Å². The fourth-order valence-electron chi connectivity index (χ4n) is 3.76. The highest BCUT2D eigenvalue weighted by atomic mass is 16.5. The topological polar surface area (TPSA) is 157 Å². The van der Waals surface area contributed by atoms with Crippen molar-refractivity contribution in [1.29, 1.82) is 0 Å². The largest absolute Gasteiger partial charge is 0.351 e. The van der Waals surface area contributed by atoms with Crippen molar-refractivity contribution in [2.75, 3.05) is 6.54 Å². The van der Waals surface area contributed by atoms with Crippen LogP contribution >= 0.6 is 0 Å².